The Morgan fingerprint density at radius 3 is 2.46 bits per heavy atom. The Morgan fingerprint density at radius 2 is 1.82 bits per heavy atom. The topological polar surface area (TPSA) is 50.8 Å². The average molecular weight is 383 g/mol. The van der Waals surface area contributed by atoms with Gasteiger partial charge in [0.1, 0.15) is 11.5 Å². The van der Waals surface area contributed by atoms with E-state index in [1.807, 2.05) is 6.92 Å². The minimum absolute atomic E-state index is 0.0135. The van der Waals surface area contributed by atoms with Gasteiger partial charge in [0.25, 0.3) is 5.91 Å². The van der Waals surface area contributed by atoms with Gasteiger partial charge in [-0.15, -0.1) is 0 Å². The highest BCUT2D eigenvalue weighted by Gasteiger charge is 2.17. The molecule has 5 heteroatoms. The molecule has 1 fully saturated rings. The molecule has 0 spiro atoms. The molecule has 1 heterocycles. The van der Waals surface area contributed by atoms with E-state index in [2.05, 4.69) is 41.4 Å². The van der Waals surface area contributed by atoms with Crippen LogP contribution in [0.1, 0.15) is 38.3 Å². The van der Waals surface area contributed by atoms with Crippen molar-refractivity contribution in [1.82, 2.24) is 5.32 Å². The summed E-state index contributed by atoms with van der Waals surface area (Å²) in [4.78, 5) is 14.7. The number of amides is 1. The van der Waals surface area contributed by atoms with Crippen molar-refractivity contribution in [2.75, 3.05) is 31.7 Å². The SMILES string of the molecule is COc1ccc(OCC(=O)N[C@H](C)c2ccc(N3CCC[C@H](C)C3)cc2)cc1. The number of carbonyl (C=O) groups is 1. The van der Waals surface area contributed by atoms with E-state index in [4.69, 9.17) is 9.47 Å². The van der Waals surface area contributed by atoms with E-state index in [0.29, 0.717) is 5.75 Å². The van der Waals surface area contributed by atoms with Crippen LogP contribution in [-0.2, 0) is 4.79 Å². The van der Waals surface area contributed by atoms with Crippen LogP contribution in [0.2, 0.25) is 0 Å². The largest absolute Gasteiger partial charge is 0.497 e. The van der Waals surface area contributed by atoms with Crippen LogP contribution in [0.15, 0.2) is 48.5 Å². The molecule has 1 aliphatic heterocycles. The first-order valence-electron chi connectivity index (χ1n) is 9.96. The number of nitrogens with zero attached hydrogens (tertiary/aromatic N) is 1. The minimum Gasteiger partial charge on any atom is -0.497 e. The summed E-state index contributed by atoms with van der Waals surface area (Å²) in [6, 6.07) is 15.6. The fourth-order valence-electron chi connectivity index (χ4n) is 3.59. The zero-order valence-corrected chi connectivity index (χ0v) is 17.0. The molecule has 0 bridgehead atoms. The van der Waals surface area contributed by atoms with Crippen molar-refractivity contribution in [2.45, 2.75) is 32.7 Å². The summed E-state index contributed by atoms with van der Waals surface area (Å²) in [7, 11) is 1.62. The summed E-state index contributed by atoms with van der Waals surface area (Å²) in [6.45, 7) is 6.53. The fraction of sp³-hybridized carbons (Fsp3) is 0.435. The number of hydrogen-bond donors (Lipinski definition) is 1. The number of benzene rings is 2. The molecule has 3 rings (SSSR count). The molecule has 28 heavy (non-hydrogen) atoms. The van der Waals surface area contributed by atoms with E-state index in [-0.39, 0.29) is 18.6 Å². The predicted molar refractivity (Wildman–Crippen MR) is 112 cm³/mol. The van der Waals surface area contributed by atoms with Gasteiger partial charge in [-0.2, -0.15) is 0 Å². The molecule has 0 aromatic heterocycles. The van der Waals surface area contributed by atoms with Gasteiger partial charge in [-0.1, -0.05) is 19.1 Å². The standard InChI is InChI=1S/C23H30N2O3/c1-17-5-4-14-25(15-17)20-8-6-19(7-9-20)18(2)24-23(26)16-28-22-12-10-21(27-3)11-13-22/h6-13,17-18H,4-5,14-16H2,1-3H3,(H,24,26)/t17-,18+/m0/s1. The Balaban J connectivity index is 1.49. The van der Waals surface area contributed by atoms with E-state index < -0.39 is 0 Å². The van der Waals surface area contributed by atoms with Crippen LogP contribution in [0.5, 0.6) is 11.5 Å². The number of anilines is 1. The molecule has 5 nitrogen and oxygen atoms in total. The van der Waals surface area contributed by atoms with Crippen LogP contribution < -0.4 is 19.7 Å². The second-order valence-electron chi connectivity index (χ2n) is 7.54. The molecule has 0 radical (unpaired) electrons. The van der Waals surface area contributed by atoms with Crippen LogP contribution in [-0.4, -0.2) is 32.7 Å². The minimum atomic E-state index is -0.141. The fourth-order valence-corrected chi connectivity index (χ4v) is 3.59. The third kappa shape index (κ3) is 5.41. The zero-order valence-electron chi connectivity index (χ0n) is 17.0. The van der Waals surface area contributed by atoms with Crippen molar-refractivity contribution in [2.24, 2.45) is 5.92 Å². The summed E-state index contributed by atoms with van der Waals surface area (Å²) >= 11 is 0. The summed E-state index contributed by atoms with van der Waals surface area (Å²) in [5.74, 6) is 2.01. The summed E-state index contributed by atoms with van der Waals surface area (Å²) < 4.78 is 10.6. The average Bonchev–Trinajstić information content (AvgIpc) is 2.72. The van der Waals surface area contributed by atoms with Crippen molar-refractivity contribution < 1.29 is 14.3 Å². The molecular formula is C23H30N2O3. The van der Waals surface area contributed by atoms with Crippen molar-refractivity contribution in [3.05, 3.63) is 54.1 Å². The Kier molecular flexibility index (Phi) is 6.80. The predicted octanol–water partition coefficient (Wildman–Crippen LogP) is 4.19. The van der Waals surface area contributed by atoms with Gasteiger partial charge in [-0.25, -0.2) is 0 Å². The molecule has 0 saturated carbocycles. The molecule has 1 aliphatic rings. The van der Waals surface area contributed by atoms with E-state index in [9.17, 15) is 4.79 Å². The molecule has 150 valence electrons. The highest BCUT2D eigenvalue weighted by molar-refractivity contribution is 5.78. The molecule has 1 N–H and O–H groups in total. The Morgan fingerprint density at radius 1 is 1.14 bits per heavy atom. The molecule has 2 atom stereocenters. The van der Waals surface area contributed by atoms with Crippen molar-refractivity contribution in [3.63, 3.8) is 0 Å². The van der Waals surface area contributed by atoms with Gasteiger partial charge < -0.3 is 19.7 Å². The quantitative estimate of drug-likeness (QED) is 0.780. The Labute approximate surface area is 167 Å². The smallest absolute Gasteiger partial charge is 0.258 e. The highest BCUT2D eigenvalue weighted by Crippen LogP contribution is 2.24. The zero-order chi connectivity index (χ0) is 19.9. The van der Waals surface area contributed by atoms with Gasteiger partial charge in [-0.05, 0) is 67.6 Å². The van der Waals surface area contributed by atoms with E-state index >= 15 is 0 Å². The maximum Gasteiger partial charge on any atom is 0.258 e. The monoisotopic (exact) mass is 382 g/mol. The summed E-state index contributed by atoms with van der Waals surface area (Å²) in [5, 5.41) is 2.99. The first-order valence-corrected chi connectivity index (χ1v) is 9.96. The summed E-state index contributed by atoms with van der Waals surface area (Å²) in [6.07, 6.45) is 2.57. The number of carbonyl (C=O) groups excluding carboxylic acids is 1. The third-order valence-electron chi connectivity index (χ3n) is 5.22. The van der Waals surface area contributed by atoms with Crippen LogP contribution in [0.25, 0.3) is 0 Å². The second kappa shape index (κ2) is 9.49. The molecule has 1 amide bonds. The molecule has 2 aromatic carbocycles. The van der Waals surface area contributed by atoms with Gasteiger partial charge in [-0.3, -0.25) is 4.79 Å². The van der Waals surface area contributed by atoms with Crippen molar-refractivity contribution in [1.29, 1.82) is 0 Å². The van der Waals surface area contributed by atoms with Gasteiger partial charge in [0.05, 0.1) is 13.2 Å². The number of hydrogen-bond acceptors (Lipinski definition) is 4. The number of rotatable bonds is 7. The number of nitrogens with one attached hydrogen (secondary N) is 1. The van der Waals surface area contributed by atoms with E-state index in [1.54, 1.807) is 31.4 Å². The van der Waals surface area contributed by atoms with Gasteiger partial charge >= 0.3 is 0 Å². The van der Waals surface area contributed by atoms with Crippen LogP contribution >= 0.6 is 0 Å². The molecule has 0 unspecified atom stereocenters. The normalized spacial score (nSPS) is 17.7. The molecule has 0 aliphatic carbocycles. The van der Waals surface area contributed by atoms with Crippen LogP contribution in [0.4, 0.5) is 5.69 Å². The van der Waals surface area contributed by atoms with Gasteiger partial charge in [0, 0.05) is 18.8 Å². The highest BCUT2D eigenvalue weighted by atomic mass is 16.5. The van der Waals surface area contributed by atoms with Gasteiger partial charge in [0.15, 0.2) is 6.61 Å². The first kappa shape index (κ1) is 20.1. The van der Waals surface area contributed by atoms with Crippen LogP contribution in [0.3, 0.4) is 0 Å². The lowest BCUT2D eigenvalue weighted by atomic mass is 9.99. The van der Waals surface area contributed by atoms with E-state index in [1.165, 1.54) is 18.5 Å². The second-order valence-corrected chi connectivity index (χ2v) is 7.54. The summed E-state index contributed by atoms with van der Waals surface area (Å²) in [5.41, 5.74) is 2.35. The lowest BCUT2D eigenvalue weighted by Crippen LogP contribution is -2.34. The Bertz CT molecular complexity index is 758. The lowest BCUT2D eigenvalue weighted by molar-refractivity contribution is -0.123. The maximum absolute atomic E-state index is 12.2. The Hall–Kier alpha value is -2.69. The number of ether oxygens (including phenoxy) is 2. The number of piperidine rings is 1. The molecular weight excluding hydrogens is 352 g/mol. The van der Waals surface area contributed by atoms with E-state index in [0.717, 1.165) is 30.3 Å². The van der Waals surface area contributed by atoms with Crippen LogP contribution in [0, 0.1) is 5.92 Å². The molecule has 2 aromatic rings. The van der Waals surface area contributed by atoms with Gasteiger partial charge in [0.2, 0.25) is 0 Å². The van der Waals surface area contributed by atoms with Crippen molar-refractivity contribution in [3.8, 4) is 11.5 Å². The first-order chi connectivity index (χ1) is 13.5. The number of methoxy groups -OCH3 is 1. The molecule has 1 saturated heterocycles. The third-order valence-corrected chi connectivity index (χ3v) is 5.22. The lowest BCUT2D eigenvalue weighted by Gasteiger charge is -2.33. The van der Waals surface area contributed by atoms with Crippen molar-refractivity contribution >= 4 is 11.6 Å². The maximum atomic E-state index is 12.2.